The maximum atomic E-state index is 5.21. The van der Waals surface area contributed by atoms with E-state index in [1.54, 1.807) is 0 Å². The normalized spacial score (nSPS) is 30.8. The SMILES string of the molecule is NC(N)=NN=C1CCN2CCCC12. The molecule has 2 aliphatic rings. The summed E-state index contributed by atoms with van der Waals surface area (Å²) < 4.78 is 0. The highest BCUT2D eigenvalue weighted by Gasteiger charge is 2.34. The summed E-state index contributed by atoms with van der Waals surface area (Å²) >= 11 is 0. The van der Waals surface area contributed by atoms with Crippen LogP contribution >= 0.6 is 0 Å². The molecule has 2 saturated heterocycles. The molecule has 1 atom stereocenters. The molecule has 0 radical (unpaired) electrons. The van der Waals surface area contributed by atoms with E-state index in [2.05, 4.69) is 15.1 Å². The number of rotatable bonds is 1. The zero-order valence-electron chi connectivity index (χ0n) is 7.61. The molecule has 13 heavy (non-hydrogen) atoms. The first-order chi connectivity index (χ1) is 6.27. The Morgan fingerprint density at radius 1 is 1.38 bits per heavy atom. The van der Waals surface area contributed by atoms with Crippen LogP contribution in [-0.2, 0) is 0 Å². The van der Waals surface area contributed by atoms with Crippen molar-refractivity contribution in [2.75, 3.05) is 13.1 Å². The predicted octanol–water partition coefficient (Wildman–Crippen LogP) is -0.516. The highest BCUT2D eigenvalue weighted by Crippen LogP contribution is 2.25. The molecule has 0 aromatic rings. The zero-order valence-corrected chi connectivity index (χ0v) is 7.61. The van der Waals surface area contributed by atoms with Crippen LogP contribution < -0.4 is 11.5 Å². The standard InChI is InChI=1S/C8H15N5/c9-8(10)12-11-6-3-5-13-4-1-2-7(6)13/h7H,1-5H2,(H4,9,10,12). The molecular weight excluding hydrogens is 166 g/mol. The van der Waals surface area contributed by atoms with Crippen LogP contribution in [0.1, 0.15) is 19.3 Å². The molecule has 5 nitrogen and oxygen atoms in total. The van der Waals surface area contributed by atoms with Crippen molar-refractivity contribution in [3.8, 4) is 0 Å². The Hall–Kier alpha value is -1.10. The van der Waals surface area contributed by atoms with Gasteiger partial charge in [0.2, 0.25) is 5.96 Å². The molecule has 0 bridgehead atoms. The van der Waals surface area contributed by atoms with Gasteiger partial charge in [-0.2, -0.15) is 5.10 Å². The van der Waals surface area contributed by atoms with E-state index >= 15 is 0 Å². The Balaban J connectivity index is 2.08. The molecule has 4 N–H and O–H groups in total. The number of guanidine groups is 1. The maximum Gasteiger partial charge on any atom is 0.211 e. The molecule has 2 fully saturated rings. The van der Waals surface area contributed by atoms with E-state index in [1.165, 1.54) is 19.4 Å². The summed E-state index contributed by atoms with van der Waals surface area (Å²) in [4.78, 5) is 2.45. The van der Waals surface area contributed by atoms with Crippen LogP contribution in [0.2, 0.25) is 0 Å². The Labute approximate surface area is 77.5 Å². The van der Waals surface area contributed by atoms with Crippen molar-refractivity contribution in [3.05, 3.63) is 0 Å². The summed E-state index contributed by atoms with van der Waals surface area (Å²) in [6.07, 6.45) is 3.49. The van der Waals surface area contributed by atoms with E-state index < -0.39 is 0 Å². The molecule has 72 valence electrons. The quantitative estimate of drug-likeness (QED) is 0.324. The molecule has 2 aliphatic heterocycles. The van der Waals surface area contributed by atoms with Gasteiger partial charge in [-0.05, 0) is 19.4 Å². The van der Waals surface area contributed by atoms with Gasteiger partial charge in [0.05, 0.1) is 11.8 Å². The van der Waals surface area contributed by atoms with Gasteiger partial charge >= 0.3 is 0 Å². The second-order valence-corrected chi connectivity index (χ2v) is 3.56. The van der Waals surface area contributed by atoms with Crippen LogP contribution in [0.3, 0.4) is 0 Å². The molecule has 0 amide bonds. The van der Waals surface area contributed by atoms with Gasteiger partial charge in [0.1, 0.15) is 0 Å². The molecular formula is C8H15N5. The molecule has 0 aliphatic carbocycles. The van der Waals surface area contributed by atoms with Gasteiger partial charge < -0.3 is 11.5 Å². The fourth-order valence-electron chi connectivity index (χ4n) is 2.13. The predicted molar refractivity (Wildman–Crippen MR) is 52.5 cm³/mol. The molecule has 2 rings (SSSR count). The molecule has 0 aromatic heterocycles. The second kappa shape index (κ2) is 3.33. The van der Waals surface area contributed by atoms with Crippen LogP contribution in [-0.4, -0.2) is 35.7 Å². The van der Waals surface area contributed by atoms with Crippen LogP contribution in [0.5, 0.6) is 0 Å². The maximum absolute atomic E-state index is 5.21. The van der Waals surface area contributed by atoms with Crippen LogP contribution in [0.4, 0.5) is 0 Å². The van der Waals surface area contributed by atoms with Gasteiger partial charge in [0.25, 0.3) is 0 Å². The average molecular weight is 181 g/mol. The summed E-state index contributed by atoms with van der Waals surface area (Å²) in [5.41, 5.74) is 11.6. The topological polar surface area (TPSA) is 80.0 Å². The van der Waals surface area contributed by atoms with Crippen LogP contribution in [0.25, 0.3) is 0 Å². The van der Waals surface area contributed by atoms with Crippen LogP contribution in [0.15, 0.2) is 10.2 Å². The van der Waals surface area contributed by atoms with Gasteiger partial charge in [-0.25, -0.2) is 0 Å². The molecule has 0 spiro atoms. The fraction of sp³-hybridized carbons (Fsp3) is 0.750. The summed E-state index contributed by atoms with van der Waals surface area (Å²) in [5, 5.41) is 7.78. The van der Waals surface area contributed by atoms with Crippen molar-refractivity contribution in [3.63, 3.8) is 0 Å². The highest BCUT2D eigenvalue weighted by molar-refractivity contribution is 5.92. The Morgan fingerprint density at radius 3 is 3.00 bits per heavy atom. The van der Waals surface area contributed by atoms with Gasteiger partial charge in [-0.15, -0.1) is 5.10 Å². The Bertz CT molecular complexity index is 253. The van der Waals surface area contributed by atoms with Crippen molar-refractivity contribution >= 4 is 11.7 Å². The third-order valence-electron chi connectivity index (χ3n) is 2.70. The van der Waals surface area contributed by atoms with Gasteiger partial charge in [-0.1, -0.05) is 0 Å². The summed E-state index contributed by atoms with van der Waals surface area (Å²) in [6.45, 7) is 2.31. The zero-order chi connectivity index (χ0) is 9.26. The van der Waals surface area contributed by atoms with Crippen molar-refractivity contribution in [2.24, 2.45) is 21.7 Å². The summed E-state index contributed by atoms with van der Waals surface area (Å²) in [6, 6.07) is 0.517. The van der Waals surface area contributed by atoms with E-state index in [0.717, 1.165) is 18.7 Å². The van der Waals surface area contributed by atoms with Crippen molar-refractivity contribution in [1.29, 1.82) is 0 Å². The van der Waals surface area contributed by atoms with Crippen LogP contribution in [0, 0.1) is 0 Å². The third kappa shape index (κ3) is 1.65. The lowest BCUT2D eigenvalue weighted by molar-refractivity contribution is 0.346. The first-order valence-corrected chi connectivity index (χ1v) is 4.67. The Morgan fingerprint density at radius 2 is 2.23 bits per heavy atom. The number of hydrogen-bond donors (Lipinski definition) is 2. The van der Waals surface area contributed by atoms with Crippen molar-refractivity contribution < 1.29 is 0 Å². The summed E-state index contributed by atoms with van der Waals surface area (Å²) in [7, 11) is 0. The Kier molecular flexibility index (Phi) is 2.18. The molecule has 1 unspecified atom stereocenters. The number of nitrogens with zero attached hydrogens (tertiary/aromatic N) is 3. The smallest absolute Gasteiger partial charge is 0.211 e. The largest absolute Gasteiger partial charge is 0.369 e. The van der Waals surface area contributed by atoms with E-state index in [-0.39, 0.29) is 5.96 Å². The van der Waals surface area contributed by atoms with Gasteiger partial charge in [-0.3, -0.25) is 4.90 Å². The minimum Gasteiger partial charge on any atom is -0.369 e. The molecule has 5 heteroatoms. The minimum absolute atomic E-state index is 0.0453. The van der Waals surface area contributed by atoms with Crippen molar-refractivity contribution in [1.82, 2.24) is 4.90 Å². The van der Waals surface area contributed by atoms with Gasteiger partial charge in [0.15, 0.2) is 0 Å². The number of fused-ring (bicyclic) bond motifs is 1. The second-order valence-electron chi connectivity index (χ2n) is 3.56. The lowest BCUT2D eigenvalue weighted by Crippen LogP contribution is -2.26. The van der Waals surface area contributed by atoms with E-state index in [1.807, 2.05) is 0 Å². The van der Waals surface area contributed by atoms with Gasteiger partial charge in [0, 0.05) is 13.0 Å². The highest BCUT2D eigenvalue weighted by atomic mass is 15.3. The average Bonchev–Trinajstić information content (AvgIpc) is 2.60. The fourth-order valence-corrected chi connectivity index (χ4v) is 2.13. The first kappa shape index (κ1) is 8.50. The molecule has 0 saturated carbocycles. The summed E-state index contributed by atoms with van der Waals surface area (Å²) in [5.74, 6) is 0.0453. The molecule has 0 aromatic carbocycles. The number of hydrogen-bond acceptors (Lipinski definition) is 3. The monoisotopic (exact) mass is 181 g/mol. The van der Waals surface area contributed by atoms with Crippen molar-refractivity contribution in [2.45, 2.75) is 25.3 Å². The lowest BCUT2D eigenvalue weighted by atomic mass is 10.1. The third-order valence-corrected chi connectivity index (χ3v) is 2.70. The minimum atomic E-state index is 0.0453. The number of nitrogens with two attached hydrogens (primary N) is 2. The van der Waals surface area contributed by atoms with E-state index in [9.17, 15) is 0 Å². The molecule has 2 heterocycles. The van der Waals surface area contributed by atoms with E-state index in [0.29, 0.717) is 6.04 Å². The first-order valence-electron chi connectivity index (χ1n) is 4.67. The lowest BCUT2D eigenvalue weighted by Gasteiger charge is -2.12. The van der Waals surface area contributed by atoms with E-state index in [4.69, 9.17) is 11.5 Å².